The quantitative estimate of drug-likeness (QED) is 0.559. The fourth-order valence-electron chi connectivity index (χ4n) is 3.78. The van der Waals surface area contributed by atoms with Gasteiger partial charge in [0, 0.05) is 4.88 Å². The molecule has 2 aromatic heterocycles. The molecular weight excluding hydrogens is 401 g/mol. The Labute approximate surface area is 172 Å². The number of fused-ring (bicyclic) bond motifs is 3. The van der Waals surface area contributed by atoms with Gasteiger partial charge in [0.1, 0.15) is 0 Å². The maximum atomic E-state index is 13.1. The summed E-state index contributed by atoms with van der Waals surface area (Å²) in [5.74, 6) is 0.629. The average Bonchev–Trinajstić information content (AvgIpc) is 2.98. The third-order valence-corrected chi connectivity index (χ3v) is 7.36. The van der Waals surface area contributed by atoms with E-state index in [1.54, 1.807) is 23.5 Å². The second-order valence-corrected chi connectivity index (χ2v) is 10.2. The lowest BCUT2D eigenvalue weighted by Crippen LogP contribution is -2.28. The van der Waals surface area contributed by atoms with Crippen LogP contribution in [-0.2, 0) is 19.4 Å². The molecule has 3 aromatic rings. The number of aromatic nitrogens is 3. The number of halogens is 2. The molecule has 0 fully saturated rings. The molecule has 0 bridgehead atoms. The second kappa shape index (κ2) is 6.87. The standard InChI is InChI=1S/C20H21Cl2N3OS/c1-20(2,3)12-5-6-13-16(9-12)27-18-17(13)19(26)25(24-23-18)10-11-4-7-14(21)15(22)8-11/h4,7-8,12H,5-6,9-10H2,1-3H3/t12-/m0/s1. The fraction of sp³-hybridized carbons (Fsp3) is 0.450. The topological polar surface area (TPSA) is 47.8 Å². The van der Waals surface area contributed by atoms with Gasteiger partial charge in [-0.3, -0.25) is 4.79 Å². The fourth-order valence-corrected chi connectivity index (χ4v) is 5.34. The maximum absolute atomic E-state index is 13.1. The lowest BCUT2D eigenvalue weighted by molar-refractivity contribution is 0.218. The largest absolute Gasteiger partial charge is 0.279 e. The molecular formula is C20H21Cl2N3OS. The molecule has 1 aliphatic carbocycles. The predicted octanol–water partition coefficient (Wildman–Crippen LogP) is 5.36. The zero-order valence-corrected chi connectivity index (χ0v) is 17.9. The van der Waals surface area contributed by atoms with Gasteiger partial charge in [0.2, 0.25) is 0 Å². The van der Waals surface area contributed by atoms with E-state index in [1.807, 2.05) is 6.07 Å². The zero-order valence-electron chi connectivity index (χ0n) is 15.6. The van der Waals surface area contributed by atoms with E-state index in [9.17, 15) is 4.79 Å². The van der Waals surface area contributed by atoms with Gasteiger partial charge < -0.3 is 0 Å². The lowest BCUT2D eigenvalue weighted by Gasteiger charge is -2.33. The molecule has 0 saturated carbocycles. The minimum Gasteiger partial charge on any atom is -0.267 e. The Hall–Kier alpha value is -1.43. The molecule has 1 atom stereocenters. The van der Waals surface area contributed by atoms with Crippen molar-refractivity contribution in [2.75, 3.05) is 0 Å². The van der Waals surface area contributed by atoms with E-state index >= 15 is 0 Å². The molecule has 0 spiro atoms. The normalized spacial score (nSPS) is 17.3. The summed E-state index contributed by atoms with van der Waals surface area (Å²) >= 11 is 13.7. The van der Waals surface area contributed by atoms with Crippen LogP contribution in [0.1, 0.15) is 43.2 Å². The van der Waals surface area contributed by atoms with Gasteiger partial charge in [-0.15, -0.1) is 16.4 Å². The Bertz CT molecular complexity index is 1080. The highest BCUT2D eigenvalue weighted by Crippen LogP contribution is 2.41. The first kappa shape index (κ1) is 18.9. The van der Waals surface area contributed by atoms with Crippen molar-refractivity contribution < 1.29 is 0 Å². The zero-order chi connectivity index (χ0) is 19.3. The highest BCUT2D eigenvalue weighted by molar-refractivity contribution is 7.18. The Balaban J connectivity index is 1.73. The number of benzene rings is 1. The first-order chi connectivity index (χ1) is 12.7. The van der Waals surface area contributed by atoms with Crippen molar-refractivity contribution in [2.45, 2.75) is 46.6 Å². The number of rotatable bonds is 2. The van der Waals surface area contributed by atoms with E-state index in [4.69, 9.17) is 23.2 Å². The van der Waals surface area contributed by atoms with Crippen molar-refractivity contribution in [1.82, 2.24) is 15.0 Å². The van der Waals surface area contributed by atoms with E-state index in [0.29, 0.717) is 22.5 Å². The van der Waals surface area contributed by atoms with E-state index in [-0.39, 0.29) is 11.0 Å². The van der Waals surface area contributed by atoms with Crippen LogP contribution in [0.2, 0.25) is 10.0 Å². The summed E-state index contributed by atoms with van der Waals surface area (Å²) in [5.41, 5.74) is 2.25. The Morgan fingerprint density at radius 2 is 2.04 bits per heavy atom. The molecule has 1 aliphatic rings. The van der Waals surface area contributed by atoms with E-state index in [1.165, 1.54) is 15.1 Å². The van der Waals surface area contributed by atoms with Crippen molar-refractivity contribution in [3.05, 3.63) is 54.6 Å². The van der Waals surface area contributed by atoms with Crippen LogP contribution in [0.4, 0.5) is 0 Å². The van der Waals surface area contributed by atoms with Gasteiger partial charge in [-0.05, 0) is 53.9 Å². The van der Waals surface area contributed by atoms with Crippen LogP contribution in [0, 0.1) is 11.3 Å². The van der Waals surface area contributed by atoms with Gasteiger partial charge >= 0.3 is 0 Å². The number of thiophene rings is 1. The first-order valence-electron chi connectivity index (χ1n) is 9.06. The molecule has 0 amide bonds. The molecule has 4 rings (SSSR count). The number of hydrogen-bond donors (Lipinski definition) is 0. The summed E-state index contributed by atoms with van der Waals surface area (Å²) in [6.45, 7) is 7.20. The molecule has 0 saturated heterocycles. The Morgan fingerprint density at radius 3 is 2.74 bits per heavy atom. The summed E-state index contributed by atoms with van der Waals surface area (Å²) in [6.07, 6.45) is 3.06. The average molecular weight is 422 g/mol. The van der Waals surface area contributed by atoms with Gasteiger partial charge in [-0.2, -0.15) is 0 Å². The van der Waals surface area contributed by atoms with E-state index in [0.717, 1.165) is 35.0 Å². The third kappa shape index (κ3) is 3.53. The summed E-state index contributed by atoms with van der Waals surface area (Å²) < 4.78 is 1.42. The van der Waals surface area contributed by atoms with Gasteiger partial charge in [0.15, 0.2) is 4.83 Å². The highest BCUT2D eigenvalue weighted by Gasteiger charge is 2.31. The van der Waals surface area contributed by atoms with Crippen LogP contribution in [0.5, 0.6) is 0 Å². The van der Waals surface area contributed by atoms with Gasteiger partial charge in [-0.25, -0.2) is 4.68 Å². The molecule has 7 heteroatoms. The van der Waals surface area contributed by atoms with Crippen LogP contribution in [-0.4, -0.2) is 15.0 Å². The van der Waals surface area contributed by atoms with Crippen LogP contribution >= 0.6 is 34.5 Å². The minimum absolute atomic E-state index is 0.0715. The number of hydrogen-bond acceptors (Lipinski definition) is 4. The second-order valence-electron chi connectivity index (χ2n) is 8.29. The molecule has 0 unspecified atom stereocenters. The molecule has 1 aromatic carbocycles. The predicted molar refractivity (Wildman–Crippen MR) is 112 cm³/mol. The molecule has 27 heavy (non-hydrogen) atoms. The summed E-state index contributed by atoms with van der Waals surface area (Å²) in [4.78, 5) is 15.2. The summed E-state index contributed by atoms with van der Waals surface area (Å²) in [7, 11) is 0. The molecule has 4 nitrogen and oxygen atoms in total. The summed E-state index contributed by atoms with van der Waals surface area (Å²) in [6, 6.07) is 5.35. The van der Waals surface area contributed by atoms with Crippen molar-refractivity contribution in [2.24, 2.45) is 11.3 Å². The smallest absolute Gasteiger partial charge is 0.267 e. The number of nitrogens with zero attached hydrogens (tertiary/aromatic N) is 3. The van der Waals surface area contributed by atoms with Gasteiger partial charge in [0.25, 0.3) is 5.56 Å². The van der Waals surface area contributed by atoms with Crippen LogP contribution < -0.4 is 5.56 Å². The monoisotopic (exact) mass is 421 g/mol. The molecule has 0 aliphatic heterocycles. The van der Waals surface area contributed by atoms with Crippen molar-refractivity contribution >= 4 is 44.8 Å². The third-order valence-electron chi connectivity index (χ3n) is 5.48. The molecule has 142 valence electrons. The van der Waals surface area contributed by atoms with Crippen LogP contribution in [0.3, 0.4) is 0 Å². The minimum atomic E-state index is -0.0715. The van der Waals surface area contributed by atoms with Gasteiger partial charge in [0.05, 0.1) is 22.0 Å². The van der Waals surface area contributed by atoms with Crippen LogP contribution in [0.25, 0.3) is 10.2 Å². The Kier molecular flexibility index (Phi) is 4.81. The van der Waals surface area contributed by atoms with Crippen molar-refractivity contribution in [1.29, 1.82) is 0 Å². The highest BCUT2D eigenvalue weighted by atomic mass is 35.5. The van der Waals surface area contributed by atoms with Gasteiger partial charge in [-0.1, -0.05) is 55.3 Å². The summed E-state index contributed by atoms with van der Waals surface area (Å²) in [5, 5.41) is 10.2. The van der Waals surface area contributed by atoms with Crippen molar-refractivity contribution in [3.8, 4) is 0 Å². The van der Waals surface area contributed by atoms with Crippen molar-refractivity contribution in [3.63, 3.8) is 0 Å². The molecule has 2 heterocycles. The lowest BCUT2D eigenvalue weighted by atomic mass is 9.72. The molecule has 0 radical (unpaired) electrons. The number of aryl methyl sites for hydroxylation is 1. The first-order valence-corrected chi connectivity index (χ1v) is 10.6. The SMILES string of the molecule is CC(C)(C)[C@H]1CCc2c(sc3nnn(Cc4ccc(Cl)c(Cl)c4)c(=O)c23)C1. The maximum Gasteiger partial charge on any atom is 0.279 e. The van der Waals surface area contributed by atoms with E-state index in [2.05, 4.69) is 31.1 Å². The Morgan fingerprint density at radius 1 is 1.26 bits per heavy atom. The van der Waals surface area contributed by atoms with Crippen LogP contribution in [0.15, 0.2) is 23.0 Å². The molecule has 0 N–H and O–H groups in total. The van der Waals surface area contributed by atoms with E-state index < -0.39 is 0 Å².